The Morgan fingerprint density at radius 1 is 0.824 bits per heavy atom. The number of carbonyl (C=O) groups excluding carboxylic acids is 4. The van der Waals surface area contributed by atoms with Gasteiger partial charge in [-0.25, -0.2) is 8.42 Å². The normalized spacial score (nSPS) is 16.5. The van der Waals surface area contributed by atoms with E-state index >= 15 is 0 Å². The fourth-order valence-electron chi connectivity index (χ4n) is 3.87. The van der Waals surface area contributed by atoms with Gasteiger partial charge in [0.15, 0.2) is 6.61 Å². The minimum atomic E-state index is -3.63. The van der Waals surface area contributed by atoms with E-state index in [1.165, 1.54) is 21.3 Å². The first-order valence-corrected chi connectivity index (χ1v) is 12.2. The molecule has 0 spiro atoms. The average molecular weight is 486 g/mol. The Labute approximate surface area is 196 Å². The summed E-state index contributed by atoms with van der Waals surface area (Å²) in [5.41, 5.74) is 0.592. The summed E-state index contributed by atoms with van der Waals surface area (Å²) in [7, 11) is -3.63. The van der Waals surface area contributed by atoms with Crippen LogP contribution in [0.25, 0.3) is 0 Å². The molecule has 0 N–H and O–H groups in total. The number of carbonyl (C=O) groups is 4. The maximum Gasteiger partial charge on any atom is 0.308 e. The van der Waals surface area contributed by atoms with Crippen molar-refractivity contribution in [2.75, 3.05) is 39.3 Å². The molecule has 34 heavy (non-hydrogen) atoms. The number of amides is 3. The zero-order chi connectivity index (χ0) is 24.3. The first-order valence-electron chi connectivity index (χ1n) is 10.7. The first kappa shape index (κ1) is 23.6. The van der Waals surface area contributed by atoms with Gasteiger partial charge in [0.25, 0.3) is 17.7 Å². The maximum absolute atomic E-state index is 12.7. The molecule has 0 aliphatic carbocycles. The molecule has 1 fully saturated rings. The highest BCUT2D eigenvalue weighted by molar-refractivity contribution is 7.89. The lowest BCUT2D eigenvalue weighted by atomic mass is 10.1. The van der Waals surface area contributed by atoms with E-state index in [4.69, 9.17) is 4.74 Å². The molecule has 10 nitrogen and oxygen atoms in total. The van der Waals surface area contributed by atoms with E-state index < -0.39 is 40.3 Å². The number of hydrogen-bond acceptors (Lipinski definition) is 7. The van der Waals surface area contributed by atoms with Crippen LogP contribution in [0, 0.1) is 0 Å². The number of nitrogens with zero attached hydrogens (tertiary/aromatic N) is 3. The molecule has 0 unspecified atom stereocenters. The van der Waals surface area contributed by atoms with Crippen LogP contribution in [0.3, 0.4) is 0 Å². The molecule has 1 saturated heterocycles. The molecule has 0 bridgehead atoms. The van der Waals surface area contributed by atoms with Crippen molar-refractivity contribution in [2.45, 2.75) is 11.3 Å². The zero-order valence-corrected chi connectivity index (χ0v) is 19.1. The SMILES string of the molecule is O=C(CCN1C(=O)c2ccccc2C1=O)OCC(=O)N1CCN(S(=O)(=O)c2ccccc2)CC1. The van der Waals surface area contributed by atoms with Crippen molar-refractivity contribution in [1.29, 1.82) is 0 Å². The van der Waals surface area contributed by atoms with E-state index in [-0.39, 0.29) is 44.0 Å². The molecule has 0 radical (unpaired) electrons. The summed E-state index contributed by atoms with van der Waals surface area (Å²) in [5, 5.41) is 0. The van der Waals surface area contributed by atoms with Gasteiger partial charge >= 0.3 is 5.97 Å². The molecule has 4 rings (SSSR count). The third kappa shape index (κ3) is 4.70. The van der Waals surface area contributed by atoms with Gasteiger partial charge in [0.05, 0.1) is 22.4 Å². The molecular formula is C23H23N3O7S. The van der Waals surface area contributed by atoms with Crippen LogP contribution in [0.4, 0.5) is 0 Å². The van der Waals surface area contributed by atoms with Gasteiger partial charge < -0.3 is 9.64 Å². The lowest BCUT2D eigenvalue weighted by Gasteiger charge is -2.33. The van der Waals surface area contributed by atoms with E-state index in [2.05, 4.69) is 0 Å². The molecule has 2 aromatic carbocycles. The van der Waals surface area contributed by atoms with E-state index in [0.29, 0.717) is 11.1 Å². The molecule has 2 heterocycles. The Morgan fingerprint density at radius 3 is 1.97 bits per heavy atom. The van der Waals surface area contributed by atoms with Crippen LogP contribution in [-0.2, 0) is 24.3 Å². The highest BCUT2D eigenvalue weighted by Crippen LogP contribution is 2.22. The van der Waals surface area contributed by atoms with Crippen molar-refractivity contribution in [3.8, 4) is 0 Å². The largest absolute Gasteiger partial charge is 0.456 e. The van der Waals surface area contributed by atoms with E-state index in [0.717, 1.165) is 4.90 Å². The number of sulfonamides is 1. The summed E-state index contributed by atoms with van der Waals surface area (Å²) in [6.07, 6.45) is -0.234. The number of piperazine rings is 1. The van der Waals surface area contributed by atoms with Gasteiger partial charge in [-0.2, -0.15) is 4.31 Å². The summed E-state index contributed by atoms with van der Waals surface area (Å²) in [4.78, 5) is 51.8. The Hall–Kier alpha value is -3.57. The minimum absolute atomic E-state index is 0.136. The standard InChI is InChI=1S/C23H23N3O7S/c27-20(24-12-14-25(15-13-24)34(31,32)17-6-2-1-3-7-17)16-33-21(28)10-11-26-22(29)18-8-4-5-9-19(18)23(26)30/h1-9H,10-16H2. The molecule has 178 valence electrons. The molecule has 2 aliphatic rings. The first-order chi connectivity index (χ1) is 16.3. The molecule has 0 aromatic heterocycles. The fraction of sp³-hybridized carbons (Fsp3) is 0.304. The number of esters is 1. The zero-order valence-electron chi connectivity index (χ0n) is 18.3. The van der Waals surface area contributed by atoms with Crippen LogP contribution in [0.15, 0.2) is 59.5 Å². The van der Waals surface area contributed by atoms with Crippen molar-refractivity contribution < 1.29 is 32.3 Å². The second kappa shape index (κ2) is 9.74. The van der Waals surface area contributed by atoms with Crippen molar-refractivity contribution in [3.05, 3.63) is 65.7 Å². The van der Waals surface area contributed by atoms with Crippen LogP contribution in [0.2, 0.25) is 0 Å². The second-order valence-electron chi connectivity index (χ2n) is 7.82. The van der Waals surface area contributed by atoms with Gasteiger partial charge in [-0.05, 0) is 24.3 Å². The van der Waals surface area contributed by atoms with Crippen LogP contribution < -0.4 is 0 Å². The van der Waals surface area contributed by atoms with Gasteiger partial charge in [-0.1, -0.05) is 30.3 Å². The Bertz CT molecular complexity index is 1190. The van der Waals surface area contributed by atoms with Gasteiger partial charge in [0, 0.05) is 32.7 Å². The third-order valence-electron chi connectivity index (χ3n) is 5.75. The van der Waals surface area contributed by atoms with Crippen molar-refractivity contribution >= 4 is 33.7 Å². The number of benzene rings is 2. The minimum Gasteiger partial charge on any atom is -0.456 e. The van der Waals surface area contributed by atoms with Gasteiger partial charge in [-0.3, -0.25) is 24.1 Å². The van der Waals surface area contributed by atoms with E-state index in [1.54, 1.807) is 42.5 Å². The number of imide groups is 1. The summed E-state index contributed by atoms with van der Waals surface area (Å²) in [6, 6.07) is 14.5. The number of rotatable bonds is 7. The highest BCUT2D eigenvalue weighted by atomic mass is 32.2. The summed E-state index contributed by atoms with van der Waals surface area (Å²) >= 11 is 0. The summed E-state index contributed by atoms with van der Waals surface area (Å²) in [6.45, 7) is -0.00986. The molecule has 0 saturated carbocycles. The molecule has 3 amide bonds. The molecule has 2 aliphatic heterocycles. The van der Waals surface area contributed by atoms with Crippen LogP contribution >= 0.6 is 0 Å². The summed E-state index contributed by atoms with van der Waals surface area (Å²) in [5.74, 6) is -2.08. The lowest BCUT2D eigenvalue weighted by molar-refractivity contribution is -0.152. The van der Waals surface area contributed by atoms with Crippen molar-refractivity contribution in [1.82, 2.24) is 14.1 Å². The Kier molecular flexibility index (Phi) is 6.75. The van der Waals surface area contributed by atoms with Crippen molar-refractivity contribution in [3.63, 3.8) is 0 Å². The average Bonchev–Trinajstić information content (AvgIpc) is 3.11. The van der Waals surface area contributed by atoms with Gasteiger partial charge in [0.1, 0.15) is 0 Å². The third-order valence-corrected chi connectivity index (χ3v) is 7.66. The maximum atomic E-state index is 12.7. The predicted octanol–water partition coefficient (Wildman–Crippen LogP) is 0.749. The molecule has 11 heteroatoms. The topological polar surface area (TPSA) is 121 Å². The highest BCUT2D eigenvalue weighted by Gasteiger charge is 2.35. The Morgan fingerprint density at radius 2 is 1.38 bits per heavy atom. The van der Waals surface area contributed by atoms with Crippen LogP contribution in [0.1, 0.15) is 27.1 Å². The summed E-state index contributed by atoms with van der Waals surface area (Å²) < 4.78 is 31.7. The van der Waals surface area contributed by atoms with E-state index in [9.17, 15) is 27.6 Å². The predicted molar refractivity (Wildman–Crippen MR) is 119 cm³/mol. The van der Waals surface area contributed by atoms with Crippen LogP contribution in [0.5, 0.6) is 0 Å². The number of ether oxygens (including phenoxy) is 1. The quantitative estimate of drug-likeness (QED) is 0.419. The lowest BCUT2D eigenvalue weighted by Crippen LogP contribution is -2.51. The monoisotopic (exact) mass is 485 g/mol. The smallest absolute Gasteiger partial charge is 0.308 e. The number of fused-ring (bicyclic) bond motifs is 1. The van der Waals surface area contributed by atoms with Crippen molar-refractivity contribution in [2.24, 2.45) is 0 Å². The van der Waals surface area contributed by atoms with Gasteiger partial charge in [0.2, 0.25) is 10.0 Å². The molecular weight excluding hydrogens is 462 g/mol. The number of hydrogen-bond donors (Lipinski definition) is 0. The fourth-order valence-corrected chi connectivity index (χ4v) is 5.31. The molecule has 0 atom stereocenters. The van der Waals surface area contributed by atoms with Crippen LogP contribution in [-0.4, -0.2) is 85.5 Å². The second-order valence-corrected chi connectivity index (χ2v) is 9.75. The Balaban J connectivity index is 1.22. The van der Waals surface area contributed by atoms with Gasteiger partial charge in [-0.15, -0.1) is 0 Å². The molecule has 2 aromatic rings. The van der Waals surface area contributed by atoms with E-state index in [1.807, 2.05) is 0 Å².